The van der Waals surface area contributed by atoms with E-state index >= 15 is 0 Å². The van der Waals surface area contributed by atoms with Crippen LogP contribution in [-0.4, -0.2) is 17.5 Å². The maximum absolute atomic E-state index is 5.81. The van der Waals surface area contributed by atoms with Gasteiger partial charge in [-0.2, -0.15) is 0 Å². The van der Waals surface area contributed by atoms with Crippen molar-refractivity contribution < 1.29 is 4.74 Å². The molecule has 0 aliphatic carbocycles. The van der Waals surface area contributed by atoms with E-state index in [1.807, 2.05) is 0 Å². The first-order valence-electron chi connectivity index (χ1n) is 6.43. The number of rotatable bonds is 9. The third-order valence-corrected chi connectivity index (χ3v) is 3.52. The van der Waals surface area contributed by atoms with Crippen molar-refractivity contribution in [1.29, 1.82) is 0 Å². The zero-order chi connectivity index (χ0) is 12.4. The Morgan fingerprint density at radius 2 is 2.00 bits per heavy atom. The molecule has 1 atom stereocenters. The third kappa shape index (κ3) is 7.45. The Bertz CT molecular complexity index is 201. The topological polar surface area (TPSA) is 9.23 Å². The summed E-state index contributed by atoms with van der Waals surface area (Å²) in [6.45, 7) is 9.57. The lowest BCUT2D eigenvalue weighted by molar-refractivity contribution is -0.0352. The minimum absolute atomic E-state index is 0.0990. The Kier molecular flexibility index (Phi) is 9.34. The largest absolute Gasteiger partial charge is 0.376 e. The van der Waals surface area contributed by atoms with Crippen molar-refractivity contribution in [3.63, 3.8) is 0 Å². The summed E-state index contributed by atoms with van der Waals surface area (Å²) in [7, 11) is 0. The van der Waals surface area contributed by atoms with Gasteiger partial charge in [-0.3, -0.25) is 0 Å². The van der Waals surface area contributed by atoms with E-state index in [-0.39, 0.29) is 5.60 Å². The van der Waals surface area contributed by atoms with Crippen LogP contribution in [0.2, 0.25) is 0 Å². The molecule has 2 heteroatoms. The Labute approximate surface area is 110 Å². The van der Waals surface area contributed by atoms with Crippen molar-refractivity contribution >= 4 is 15.9 Å². The van der Waals surface area contributed by atoms with Gasteiger partial charge in [0.25, 0.3) is 0 Å². The third-order valence-electron chi connectivity index (χ3n) is 3.19. The van der Waals surface area contributed by atoms with Crippen molar-refractivity contribution in [3.8, 4) is 0 Å². The van der Waals surface area contributed by atoms with Crippen LogP contribution in [0, 0.1) is 0 Å². The van der Waals surface area contributed by atoms with Gasteiger partial charge in [-0.15, -0.1) is 0 Å². The van der Waals surface area contributed by atoms with Gasteiger partial charge in [-0.25, -0.2) is 0 Å². The van der Waals surface area contributed by atoms with Gasteiger partial charge in [0, 0.05) is 11.9 Å². The van der Waals surface area contributed by atoms with Crippen molar-refractivity contribution in [1.82, 2.24) is 0 Å². The molecule has 16 heavy (non-hydrogen) atoms. The van der Waals surface area contributed by atoms with Crippen LogP contribution in [0.25, 0.3) is 0 Å². The number of unbranched alkanes of at least 4 members (excludes halogenated alkanes) is 1. The first-order chi connectivity index (χ1) is 7.58. The molecule has 1 unspecified atom stereocenters. The number of halogens is 1. The SMILES string of the molecule is CCOC(C)(CC)CCCCC(C)=CCBr. The second kappa shape index (κ2) is 9.23. The van der Waals surface area contributed by atoms with Gasteiger partial charge in [-0.1, -0.05) is 40.9 Å². The second-order valence-electron chi connectivity index (χ2n) is 4.65. The number of hydrogen-bond acceptors (Lipinski definition) is 1. The molecule has 0 aromatic heterocycles. The van der Waals surface area contributed by atoms with Crippen LogP contribution in [0.15, 0.2) is 11.6 Å². The van der Waals surface area contributed by atoms with Crippen molar-refractivity contribution in [2.75, 3.05) is 11.9 Å². The van der Waals surface area contributed by atoms with E-state index in [0.717, 1.165) is 18.4 Å². The fraction of sp³-hybridized carbons (Fsp3) is 0.857. The quantitative estimate of drug-likeness (QED) is 0.326. The Hall–Kier alpha value is 0.180. The predicted molar refractivity (Wildman–Crippen MR) is 76.3 cm³/mol. The molecule has 0 aromatic carbocycles. The standard InChI is InChI=1S/C14H27BrO/c1-5-14(4,16-6-2)11-8-7-9-13(3)10-12-15/h10H,5-9,11-12H2,1-4H3. The van der Waals surface area contributed by atoms with Gasteiger partial charge < -0.3 is 4.74 Å². The van der Waals surface area contributed by atoms with Gasteiger partial charge in [-0.05, 0) is 46.5 Å². The molecule has 0 N–H and O–H groups in total. The molecule has 0 heterocycles. The summed E-state index contributed by atoms with van der Waals surface area (Å²) in [6, 6.07) is 0. The van der Waals surface area contributed by atoms with Crippen LogP contribution < -0.4 is 0 Å². The lowest BCUT2D eigenvalue weighted by Crippen LogP contribution is -2.27. The zero-order valence-electron chi connectivity index (χ0n) is 11.3. The maximum atomic E-state index is 5.81. The van der Waals surface area contributed by atoms with Crippen molar-refractivity contribution in [2.45, 2.75) is 65.4 Å². The molecule has 0 bridgehead atoms. The summed E-state index contributed by atoms with van der Waals surface area (Å²) < 4.78 is 5.81. The molecule has 0 amide bonds. The average molecular weight is 291 g/mol. The van der Waals surface area contributed by atoms with Crippen molar-refractivity contribution in [3.05, 3.63) is 11.6 Å². The molecule has 0 aromatic rings. The van der Waals surface area contributed by atoms with E-state index in [2.05, 4.69) is 49.7 Å². The van der Waals surface area contributed by atoms with E-state index in [9.17, 15) is 0 Å². The summed E-state index contributed by atoms with van der Waals surface area (Å²) in [6.07, 6.45) is 8.30. The molecule has 0 radical (unpaired) electrons. The molecule has 1 nitrogen and oxygen atoms in total. The fourth-order valence-electron chi connectivity index (χ4n) is 1.84. The molecule has 0 spiro atoms. The smallest absolute Gasteiger partial charge is 0.0651 e. The van der Waals surface area contributed by atoms with Gasteiger partial charge >= 0.3 is 0 Å². The maximum Gasteiger partial charge on any atom is 0.0651 e. The van der Waals surface area contributed by atoms with E-state index < -0.39 is 0 Å². The number of ether oxygens (including phenoxy) is 1. The van der Waals surface area contributed by atoms with Crippen molar-refractivity contribution in [2.24, 2.45) is 0 Å². The zero-order valence-corrected chi connectivity index (χ0v) is 12.9. The summed E-state index contributed by atoms with van der Waals surface area (Å²) in [5.41, 5.74) is 1.59. The Morgan fingerprint density at radius 1 is 1.31 bits per heavy atom. The lowest BCUT2D eigenvalue weighted by Gasteiger charge is -2.28. The summed E-state index contributed by atoms with van der Waals surface area (Å²) in [5, 5.41) is 0.977. The lowest BCUT2D eigenvalue weighted by atomic mass is 9.94. The fourth-order valence-corrected chi connectivity index (χ4v) is 2.39. The van der Waals surface area contributed by atoms with Gasteiger partial charge in [0.2, 0.25) is 0 Å². The van der Waals surface area contributed by atoms with E-state index in [4.69, 9.17) is 4.74 Å². The molecule has 0 rings (SSSR count). The average Bonchev–Trinajstić information content (AvgIpc) is 2.25. The van der Waals surface area contributed by atoms with Crippen LogP contribution in [0.1, 0.15) is 59.8 Å². The highest BCUT2D eigenvalue weighted by Gasteiger charge is 2.20. The highest BCUT2D eigenvalue weighted by molar-refractivity contribution is 9.09. The van der Waals surface area contributed by atoms with E-state index in [1.54, 1.807) is 0 Å². The van der Waals surface area contributed by atoms with Crippen LogP contribution in [-0.2, 0) is 4.74 Å². The molecule has 96 valence electrons. The van der Waals surface area contributed by atoms with Gasteiger partial charge in [0.1, 0.15) is 0 Å². The number of allylic oxidation sites excluding steroid dienone is 2. The molecular formula is C14H27BrO. The summed E-state index contributed by atoms with van der Waals surface area (Å²) in [5.74, 6) is 0. The molecule has 0 saturated heterocycles. The highest BCUT2D eigenvalue weighted by atomic mass is 79.9. The number of alkyl halides is 1. The van der Waals surface area contributed by atoms with E-state index in [0.29, 0.717) is 0 Å². The Morgan fingerprint density at radius 3 is 2.50 bits per heavy atom. The number of hydrogen-bond donors (Lipinski definition) is 0. The highest BCUT2D eigenvalue weighted by Crippen LogP contribution is 2.23. The first kappa shape index (κ1) is 16.2. The monoisotopic (exact) mass is 290 g/mol. The molecule has 0 fully saturated rings. The van der Waals surface area contributed by atoms with Gasteiger partial charge in [0.15, 0.2) is 0 Å². The summed E-state index contributed by atoms with van der Waals surface area (Å²) in [4.78, 5) is 0. The molecular weight excluding hydrogens is 264 g/mol. The Balaban J connectivity index is 3.75. The van der Waals surface area contributed by atoms with Crippen LogP contribution >= 0.6 is 15.9 Å². The molecule has 0 aliphatic rings. The predicted octanol–water partition coefficient (Wildman–Crippen LogP) is 5.09. The van der Waals surface area contributed by atoms with Crippen LogP contribution in [0.3, 0.4) is 0 Å². The normalized spacial score (nSPS) is 16.2. The first-order valence-corrected chi connectivity index (χ1v) is 7.55. The summed E-state index contributed by atoms with van der Waals surface area (Å²) >= 11 is 3.43. The molecule has 0 aliphatic heterocycles. The van der Waals surface area contributed by atoms with Gasteiger partial charge in [0.05, 0.1) is 5.60 Å². The van der Waals surface area contributed by atoms with Crippen LogP contribution in [0.4, 0.5) is 0 Å². The minimum Gasteiger partial charge on any atom is -0.376 e. The minimum atomic E-state index is 0.0990. The molecule has 0 saturated carbocycles. The van der Waals surface area contributed by atoms with Crippen LogP contribution in [0.5, 0.6) is 0 Å². The van der Waals surface area contributed by atoms with E-state index in [1.165, 1.54) is 31.3 Å². The second-order valence-corrected chi connectivity index (χ2v) is 5.30.